The predicted molar refractivity (Wildman–Crippen MR) is 24.6 cm³/mol. The average Bonchev–Trinajstić information content (AvgIpc) is 0.811. The van der Waals surface area contributed by atoms with Crippen LogP contribution in [-0.4, -0.2) is 23.8 Å². The second-order valence-corrected chi connectivity index (χ2v) is 8.10. The Hall–Kier alpha value is 0.669. The predicted octanol–water partition coefficient (Wildman–Crippen LogP) is 0.754. The van der Waals surface area contributed by atoms with Crippen LogP contribution in [0.4, 0.5) is 0 Å². The topological polar surface area (TPSA) is 0 Å². The Morgan fingerprint density at radius 3 is 1.50 bits per heavy atom. The van der Waals surface area contributed by atoms with Crippen molar-refractivity contribution >= 4 is 23.8 Å². The molecule has 0 radical (unpaired) electrons. The van der Waals surface area contributed by atoms with Crippen LogP contribution in [0.5, 0.6) is 0 Å². The first-order chi connectivity index (χ1) is 1.73. The van der Waals surface area contributed by atoms with Crippen LogP contribution in [-0.2, 0) is 0 Å². The van der Waals surface area contributed by atoms with E-state index in [9.17, 15) is 0 Å². The molecule has 0 heterocycles. The molecule has 0 aliphatic carbocycles. The fourth-order valence-corrected chi connectivity index (χ4v) is 0. The molecule has 0 aromatic carbocycles. The SMILES string of the molecule is [CH2]=[Sn]([CH3])[CH3]. The van der Waals surface area contributed by atoms with Gasteiger partial charge in [-0.2, -0.15) is 0 Å². The van der Waals surface area contributed by atoms with Gasteiger partial charge in [0.15, 0.2) is 0 Å². The summed E-state index contributed by atoms with van der Waals surface area (Å²) in [5, 5.41) is 0. The molecule has 0 unspecified atom stereocenters. The van der Waals surface area contributed by atoms with Gasteiger partial charge in [-0.3, -0.25) is 0 Å². The minimum atomic E-state index is -0.793. The van der Waals surface area contributed by atoms with Gasteiger partial charge in [-0.05, 0) is 0 Å². The fraction of sp³-hybridized carbons (Fsp3) is 0.667. The van der Waals surface area contributed by atoms with E-state index in [-0.39, 0.29) is 0 Å². The third-order valence-corrected chi connectivity index (χ3v) is 0. The van der Waals surface area contributed by atoms with Crippen LogP contribution in [0.2, 0.25) is 9.88 Å². The van der Waals surface area contributed by atoms with E-state index in [2.05, 4.69) is 14.4 Å². The van der Waals surface area contributed by atoms with Gasteiger partial charge in [-0.15, -0.1) is 0 Å². The minimum absolute atomic E-state index is 0.793. The van der Waals surface area contributed by atoms with E-state index < -0.39 is 19.3 Å². The Labute approximate surface area is 34.1 Å². The maximum atomic E-state index is 3.84. The molecule has 0 amide bonds. The summed E-state index contributed by atoms with van der Waals surface area (Å²) in [5.41, 5.74) is 0. The van der Waals surface area contributed by atoms with Gasteiger partial charge >= 0.3 is 33.7 Å². The first-order valence-corrected chi connectivity index (χ1v) is 9.08. The Kier molecular flexibility index (Phi) is 2.27. The average molecular weight is 163 g/mol. The third-order valence-electron chi connectivity index (χ3n) is 0. The van der Waals surface area contributed by atoms with Crippen molar-refractivity contribution in [2.75, 3.05) is 0 Å². The molecule has 0 fully saturated rings. The number of rotatable bonds is 0. The van der Waals surface area contributed by atoms with Crippen molar-refractivity contribution in [1.29, 1.82) is 0 Å². The summed E-state index contributed by atoms with van der Waals surface area (Å²) in [7, 11) is 0. The molecule has 4 heavy (non-hydrogen) atoms. The molecule has 0 nitrogen and oxygen atoms in total. The third kappa shape index (κ3) is 16.6. The van der Waals surface area contributed by atoms with Gasteiger partial charge in [-0.1, -0.05) is 0 Å². The maximum absolute atomic E-state index is 3.84. The Morgan fingerprint density at radius 1 is 1.50 bits per heavy atom. The van der Waals surface area contributed by atoms with E-state index >= 15 is 0 Å². The van der Waals surface area contributed by atoms with Crippen LogP contribution in [0.15, 0.2) is 0 Å². The molecule has 0 aromatic rings. The van der Waals surface area contributed by atoms with Gasteiger partial charge in [0.2, 0.25) is 0 Å². The van der Waals surface area contributed by atoms with Crippen molar-refractivity contribution in [1.82, 2.24) is 0 Å². The fourth-order valence-electron chi connectivity index (χ4n) is 0. The monoisotopic (exact) mass is 164 g/mol. The van der Waals surface area contributed by atoms with E-state index in [1.165, 1.54) is 0 Å². The van der Waals surface area contributed by atoms with Crippen LogP contribution in [0, 0.1) is 0 Å². The molecule has 24 valence electrons. The normalized spacial score (nSPS) is 6.50. The van der Waals surface area contributed by atoms with E-state index in [4.69, 9.17) is 0 Å². The zero-order valence-electron chi connectivity index (χ0n) is 3.21. The second kappa shape index (κ2) is 1.94. The zero-order chi connectivity index (χ0) is 3.58. The summed E-state index contributed by atoms with van der Waals surface area (Å²) < 4.78 is 3.84. The van der Waals surface area contributed by atoms with Gasteiger partial charge in [0.25, 0.3) is 0 Å². The summed E-state index contributed by atoms with van der Waals surface area (Å²) in [4.78, 5) is 4.50. The number of hydrogen-bond acceptors (Lipinski definition) is 0. The molecule has 0 saturated carbocycles. The first-order valence-electron chi connectivity index (χ1n) is 1.35. The summed E-state index contributed by atoms with van der Waals surface area (Å²) >= 11 is -0.793. The standard InChI is InChI=1S/2CH3.CH2.Sn/h2*1H3;1H2;. The molecule has 0 bridgehead atoms. The van der Waals surface area contributed by atoms with E-state index in [1.54, 1.807) is 0 Å². The van der Waals surface area contributed by atoms with Gasteiger partial charge < -0.3 is 0 Å². The summed E-state index contributed by atoms with van der Waals surface area (Å²) in [6, 6.07) is 0. The van der Waals surface area contributed by atoms with Crippen molar-refractivity contribution in [3.05, 3.63) is 0 Å². The quantitative estimate of drug-likeness (QED) is 0.462. The van der Waals surface area contributed by atoms with Gasteiger partial charge in [0.05, 0.1) is 0 Å². The summed E-state index contributed by atoms with van der Waals surface area (Å²) in [6.07, 6.45) is 0. The van der Waals surface area contributed by atoms with Crippen LogP contribution in [0.25, 0.3) is 0 Å². The Balaban J connectivity index is 2.80. The summed E-state index contributed by atoms with van der Waals surface area (Å²) in [5.74, 6) is 0. The van der Waals surface area contributed by atoms with E-state index in [0.717, 1.165) is 0 Å². The van der Waals surface area contributed by atoms with Crippen molar-refractivity contribution in [2.45, 2.75) is 9.88 Å². The zero-order valence-corrected chi connectivity index (χ0v) is 6.06. The van der Waals surface area contributed by atoms with Crippen LogP contribution in [0.3, 0.4) is 0 Å². The van der Waals surface area contributed by atoms with Crippen LogP contribution >= 0.6 is 0 Å². The molecule has 0 atom stereocenters. The van der Waals surface area contributed by atoms with Crippen LogP contribution in [0.1, 0.15) is 0 Å². The van der Waals surface area contributed by atoms with Gasteiger partial charge in [0.1, 0.15) is 0 Å². The second-order valence-electron chi connectivity index (χ2n) is 1.21. The molecular formula is C3H8Sn. The molecule has 0 N–H and O–H groups in total. The molecule has 0 aliphatic rings. The first kappa shape index (κ1) is 4.67. The number of hydrogen-bond donors (Lipinski definition) is 0. The van der Waals surface area contributed by atoms with Crippen molar-refractivity contribution in [2.24, 2.45) is 0 Å². The van der Waals surface area contributed by atoms with Gasteiger partial charge in [0, 0.05) is 0 Å². The molecule has 0 aliphatic heterocycles. The van der Waals surface area contributed by atoms with E-state index in [0.29, 0.717) is 0 Å². The van der Waals surface area contributed by atoms with Gasteiger partial charge in [-0.25, -0.2) is 0 Å². The summed E-state index contributed by atoms with van der Waals surface area (Å²) in [6.45, 7) is 0. The molecule has 0 saturated heterocycles. The molecule has 0 rings (SSSR count). The van der Waals surface area contributed by atoms with Crippen molar-refractivity contribution in [3.63, 3.8) is 0 Å². The van der Waals surface area contributed by atoms with Crippen molar-refractivity contribution in [3.8, 4) is 0 Å². The van der Waals surface area contributed by atoms with Crippen LogP contribution < -0.4 is 0 Å². The molecule has 1 heteroatoms. The Morgan fingerprint density at radius 2 is 1.50 bits per heavy atom. The van der Waals surface area contributed by atoms with E-state index in [1.807, 2.05) is 0 Å². The van der Waals surface area contributed by atoms with Crippen molar-refractivity contribution < 1.29 is 0 Å². The molecule has 0 spiro atoms. The molecular weight excluding hydrogens is 155 g/mol. The Bertz CT molecular complexity index is 26.3. The molecule has 0 aromatic heterocycles.